The lowest BCUT2D eigenvalue weighted by atomic mass is 10.2. The third kappa shape index (κ3) is 4.28. The normalized spacial score (nSPS) is 12.0. The van der Waals surface area contributed by atoms with Crippen LogP contribution in [0.1, 0.15) is 36.3 Å². The van der Waals surface area contributed by atoms with Crippen LogP contribution in [0.25, 0.3) is 0 Å². The molecule has 1 aromatic heterocycles. The summed E-state index contributed by atoms with van der Waals surface area (Å²) in [4.78, 5) is 29.9. The average molecular weight is 298 g/mol. The van der Waals surface area contributed by atoms with E-state index in [1.165, 1.54) is 11.3 Å². The van der Waals surface area contributed by atoms with Crippen LogP contribution >= 0.6 is 11.3 Å². The number of carbonyl (C=O) groups excluding carboxylic acids is 2. The SMILES string of the molecule is CCN(CC)C(=O)C(C)NC(=O)c1csc(CCN)n1. The van der Waals surface area contributed by atoms with E-state index < -0.39 is 6.04 Å². The zero-order chi connectivity index (χ0) is 15.1. The van der Waals surface area contributed by atoms with Crippen LogP contribution in [-0.2, 0) is 11.2 Å². The highest BCUT2D eigenvalue weighted by atomic mass is 32.1. The molecule has 6 nitrogen and oxygen atoms in total. The highest BCUT2D eigenvalue weighted by Gasteiger charge is 2.21. The van der Waals surface area contributed by atoms with E-state index in [0.29, 0.717) is 31.7 Å². The van der Waals surface area contributed by atoms with Crippen LogP contribution < -0.4 is 11.1 Å². The topological polar surface area (TPSA) is 88.3 Å². The van der Waals surface area contributed by atoms with E-state index in [1.54, 1.807) is 17.2 Å². The van der Waals surface area contributed by atoms with Crippen molar-refractivity contribution in [3.05, 3.63) is 16.1 Å². The molecular formula is C13H22N4O2S. The Bertz CT molecular complexity index is 457. The van der Waals surface area contributed by atoms with Crippen molar-refractivity contribution >= 4 is 23.2 Å². The van der Waals surface area contributed by atoms with E-state index in [9.17, 15) is 9.59 Å². The number of aromatic nitrogens is 1. The van der Waals surface area contributed by atoms with Gasteiger partial charge in [-0.1, -0.05) is 0 Å². The fourth-order valence-electron chi connectivity index (χ4n) is 1.79. The van der Waals surface area contributed by atoms with Crippen molar-refractivity contribution in [2.24, 2.45) is 5.73 Å². The lowest BCUT2D eigenvalue weighted by Crippen LogP contribution is -2.46. The smallest absolute Gasteiger partial charge is 0.271 e. The molecule has 0 aromatic carbocycles. The molecule has 0 radical (unpaired) electrons. The summed E-state index contributed by atoms with van der Waals surface area (Å²) >= 11 is 1.41. The Labute approximate surface area is 123 Å². The molecule has 1 heterocycles. The van der Waals surface area contributed by atoms with Gasteiger partial charge in [0.05, 0.1) is 5.01 Å². The summed E-state index contributed by atoms with van der Waals surface area (Å²) in [7, 11) is 0. The Hall–Kier alpha value is -1.47. The molecule has 2 amide bonds. The minimum absolute atomic E-state index is 0.0826. The maximum Gasteiger partial charge on any atom is 0.271 e. The van der Waals surface area contributed by atoms with Crippen LogP contribution in [0.3, 0.4) is 0 Å². The van der Waals surface area contributed by atoms with Crippen LogP contribution in [-0.4, -0.2) is 47.4 Å². The van der Waals surface area contributed by atoms with Crippen molar-refractivity contribution in [2.75, 3.05) is 19.6 Å². The largest absolute Gasteiger partial charge is 0.341 e. The molecule has 1 atom stereocenters. The quantitative estimate of drug-likeness (QED) is 0.773. The van der Waals surface area contributed by atoms with Crippen molar-refractivity contribution in [3.63, 3.8) is 0 Å². The monoisotopic (exact) mass is 298 g/mol. The Morgan fingerprint density at radius 2 is 2.10 bits per heavy atom. The van der Waals surface area contributed by atoms with Gasteiger partial charge in [0.25, 0.3) is 5.91 Å². The van der Waals surface area contributed by atoms with E-state index in [1.807, 2.05) is 13.8 Å². The van der Waals surface area contributed by atoms with Crippen molar-refractivity contribution in [1.82, 2.24) is 15.2 Å². The van der Waals surface area contributed by atoms with Gasteiger partial charge in [-0.05, 0) is 27.3 Å². The summed E-state index contributed by atoms with van der Waals surface area (Å²) in [6, 6.07) is -0.554. The summed E-state index contributed by atoms with van der Waals surface area (Å²) < 4.78 is 0. The number of thiazole rings is 1. The Morgan fingerprint density at radius 1 is 1.45 bits per heavy atom. The highest BCUT2D eigenvalue weighted by molar-refractivity contribution is 7.09. The molecule has 1 rings (SSSR count). The number of nitrogens with zero attached hydrogens (tertiary/aromatic N) is 2. The molecule has 112 valence electrons. The van der Waals surface area contributed by atoms with Gasteiger partial charge in [0, 0.05) is 24.9 Å². The van der Waals surface area contributed by atoms with E-state index >= 15 is 0 Å². The Balaban J connectivity index is 2.62. The zero-order valence-corrected chi connectivity index (χ0v) is 13.0. The Kier molecular flexibility index (Phi) is 6.60. The van der Waals surface area contributed by atoms with Crippen molar-refractivity contribution in [1.29, 1.82) is 0 Å². The first kappa shape index (κ1) is 16.6. The van der Waals surface area contributed by atoms with Gasteiger partial charge in [-0.3, -0.25) is 9.59 Å². The number of amides is 2. The van der Waals surface area contributed by atoms with Crippen LogP contribution in [0.15, 0.2) is 5.38 Å². The molecular weight excluding hydrogens is 276 g/mol. The average Bonchev–Trinajstić information content (AvgIpc) is 2.89. The third-order valence-corrected chi connectivity index (χ3v) is 3.84. The maximum atomic E-state index is 12.1. The third-order valence-electron chi connectivity index (χ3n) is 2.94. The molecule has 7 heteroatoms. The van der Waals surface area contributed by atoms with E-state index in [4.69, 9.17) is 5.73 Å². The van der Waals surface area contributed by atoms with Crippen molar-refractivity contribution < 1.29 is 9.59 Å². The van der Waals surface area contributed by atoms with Crippen molar-refractivity contribution in [2.45, 2.75) is 33.2 Å². The standard InChI is InChI=1S/C13H22N4O2S/c1-4-17(5-2)13(19)9(3)15-12(18)10-8-20-11(16-10)6-7-14/h8-9H,4-7,14H2,1-3H3,(H,15,18). The molecule has 0 fully saturated rings. The molecule has 0 aliphatic carbocycles. The van der Waals surface area contributed by atoms with Gasteiger partial charge in [-0.2, -0.15) is 0 Å². The number of rotatable bonds is 7. The Morgan fingerprint density at radius 3 is 2.65 bits per heavy atom. The molecule has 0 bridgehead atoms. The maximum absolute atomic E-state index is 12.1. The first-order valence-electron chi connectivity index (χ1n) is 6.77. The molecule has 20 heavy (non-hydrogen) atoms. The van der Waals surface area contributed by atoms with Gasteiger partial charge in [0.2, 0.25) is 5.91 Å². The van der Waals surface area contributed by atoms with E-state index in [0.717, 1.165) is 5.01 Å². The van der Waals surface area contributed by atoms with Crippen LogP contribution in [0, 0.1) is 0 Å². The second kappa shape index (κ2) is 7.96. The van der Waals surface area contributed by atoms with Crippen LogP contribution in [0.4, 0.5) is 0 Å². The molecule has 0 saturated heterocycles. The molecule has 1 unspecified atom stereocenters. The number of hydrogen-bond donors (Lipinski definition) is 2. The van der Waals surface area contributed by atoms with Gasteiger partial charge >= 0.3 is 0 Å². The van der Waals surface area contributed by atoms with Gasteiger partial charge in [0.15, 0.2) is 0 Å². The fraction of sp³-hybridized carbons (Fsp3) is 0.615. The number of nitrogens with two attached hydrogens (primary N) is 1. The number of carbonyl (C=O) groups is 2. The van der Waals surface area contributed by atoms with Gasteiger partial charge < -0.3 is 16.0 Å². The van der Waals surface area contributed by atoms with E-state index in [-0.39, 0.29) is 11.8 Å². The number of hydrogen-bond acceptors (Lipinski definition) is 5. The van der Waals surface area contributed by atoms with Crippen LogP contribution in [0.2, 0.25) is 0 Å². The first-order chi connectivity index (χ1) is 9.53. The summed E-state index contributed by atoms with van der Waals surface area (Å²) in [5, 5.41) is 5.21. The second-order valence-corrected chi connectivity index (χ2v) is 5.31. The van der Waals surface area contributed by atoms with E-state index in [2.05, 4.69) is 10.3 Å². The predicted octanol–water partition coefficient (Wildman–Crippen LogP) is 0.631. The molecule has 3 N–H and O–H groups in total. The summed E-state index contributed by atoms with van der Waals surface area (Å²) in [5.74, 6) is -0.404. The molecule has 0 spiro atoms. The summed E-state index contributed by atoms with van der Waals surface area (Å²) in [6.07, 6.45) is 0.659. The molecule has 0 aliphatic rings. The predicted molar refractivity (Wildman–Crippen MR) is 79.7 cm³/mol. The second-order valence-electron chi connectivity index (χ2n) is 4.37. The van der Waals surface area contributed by atoms with Gasteiger partial charge in [-0.15, -0.1) is 11.3 Å². The van der Waals surface area contributed by atoms with Gasteiger partial charge in [-0.25, -0.2) is 4.98 Å². The first-order valence-corrected chi connectivity index (χ1v) is 7.65. The molecule has 0 saturated carbocycles. The lowest BCUT2D eigenvalue weighted by molar-refractivity contribution is -0.132. The fourth-order valence-corrected chi connectivity index (χ4v) is 2.59. The molecule has 1 aromatic rings. The minimum atomic E-state index is -0.554. The van der Waals surface area contributed by atoms with Crippen LogP contribution in [0.5, 0.6) is 0 Å². The van der Waals surface area contributed by atoms with Gasteiger partial charge in [0.1, 0.15) is 11.7 Å². The van der Waals surface area contributed by atoms with Crippen molar-refractivity contribution in [3.8, 4) is 0 Å². The lowest BCUT2D eigenvalue weighted by Gasteiger charge is -2.23. The zero-order valence-electron chi connectivity index (χ0n) is 12.2. The minimum Gasteiger partial charge on any atom is -0.341 e. The molecule has 0 aliphatic heterocycles. The highest BCUT2D eigenvalue weighted by Crippen LogP contribution is 2.10. The summed E-state index contributed by atoms with van der Waals surface area (Å²) in [6.45, 7) is 7.28. The number of nitrogens with one attached hydrogen (secondary N) is 1. The summed E-state index contributed by atoms with van der Waals surface area (Å²) in [5.41, 5.74) is 5.79. The number of likely N-dealkylation sites (N-methyl/N-ethyl adjacent to an activating group) is 1.